The molecule has 0 aliphatic rings. The van der Waals surface area contributed by atoms with Crippen LogP contribution in [0.1, 0.15) is 60.4 Å². The number of nitrogens with two attached hydrogens (primary N) is 3. The molecule has 0 radical (unpaired) electrons. The molecule has 0 aliphatic heterocycles. The largest absolute Gasteiger partial charge is 0.382 e. The second-order valence-electron chi connectivity index (χ2n) is 15.0. The first-order valence-electron chi connectivity index (χ1n) is 19.5. The van der Waals surface area contributed by atoms with Gasteiger partial charge in [-0.2, -0.15) is 5.26 Å². The Morgan fingerprint density at radius 1 is 0.638 bits per heavy atom. The molecule has 4 heterocycles. The predicted molar refractivity (Wildman–Crippen MR) is 236 cm³/mol. The van der Waals surface area contributed by atoms with E-state index >= 15 is 0 Å². The standard InChI is InChI=1S/C25H27N5O.C23H20N4/c1-15-3-8-20-21-13-17(14-29-23(21)24(27)30-22(20)11-15)4-5-18-6-7-19(12-16(18)2)25(31)28-10-9-26;1-14-3-8-19-20-11-17(13-26-22(20)23(25)27-21(19)9-14)5-7-18-6-4-16(12-24)10-15(18)2/h3,6-8,11-14H,4-5,9-10,26H2,1-2H3,(H2,27,30)(H,28,31);3-4,6,8-11,13H,5,7H2,1-2H3,(H2,25,27). The van der Waals surface area contributed by atoms with Crippen molar-refractivity contribution in [2.75, 3.05) is 24.6 Å². The molecule has 290 valence electrons. The first kappa shape index (κ1) is 39.3. The number of benzene rings is 4. The quantitative estimate of drug-likeness (QED) is 0.106. The zero-order valence-electron chi connectivity index (χ0n) is 33.4. The predicted octanol–water partition coefficient (Wildman–Crippen LogP) is 8.09. The highest BCUT2D eigenvalue weighted by atomic mass is 16.1. The van der Waals surface area contributed by atoms with Crippen molar-refractivity contribution in [1.29, 1.82) is 5.26 Å². The van der Waals surface area contributed by atoms with Crippen molar-refractivity contribution in [3.63, 3.8) is 0 Å². The molecule has 8 rings (SSSR count). The Balaban J connectivity index is 0.000000178. The minimum atomic E-state index is -0.0906. The number of aryl methyl sites for hydroxylation is 8. The minimum absolute atomic E-state index is 0.0906. The summed E-state index contributed by atoms with van der Waals surface area (Å²) >= 11 is 0. The SMILES string of the molecule is Cc1ccc2c(c1)nc(N)c1ncc(CCc3ccc(C#N)cc3C)cc12.Cc1ccc2c(c1)nc(N)c1ncc(CCc3ccc(C(=O)NCCN)cc3C)cc12. The van der Waals surface area contributed by atoms with Crippen LogP contribution in [0.4, 0.5) is 11.6 Å². The molecule has 10 nitrogen and oxygen atoms in total. The number of nitriles is 1. The third kappa shape index (κ3) is 8.55. The molecule has 58 heavy (non-hydrogen) atoms. The molecule has 4 aromatic carbocycles. The number of nitrogens with zero attached hydrogens (tertiary/aromatic N) is 5. The van der Waals surface area contributed by atoms with Crippen LogP contribution in [0, 0.1) is 39.0 Å². The molecule has 1 amide bonds. The fourth-order valence-electron chi connectivity index (χ4n) is 7.41. The number of anilines is 2. The number of hydrogen-bond donors (Lipinski definition) is 4. The number of nitrogen functional groups attached to an aromatic ring is 2. The Morgan fingerprint density at radius 3 is 1.64 bits per heavy atom. The lowest BCUT2D eigenvalue weighted by molar-refractivity contribution is 0.0954. The van der Waals surface area contributed by atoms with E-state index in [1.165, 1.54) is 16.7 Å². The van der Waals surface area contributed by atoms with E-state index in [1.54, 1.807) is 0 Å². The number of hydrogen-bond acceptors (Lipinski definition) is 9. The molecule has 0 bridgehead atoms. The summed E-state index contributed by atoms with van der Waals surface area (Å²) in [5, 5.41) is 16.0. The molecule has 0 atom stereocenters. The van der Waals surface area contributed by atoms with Gasteiger partial charge in [-0.05, 0) is 146 Å². The third-order valence-corrected chi connectivity index (χ3v) is 10.6. The van der Waals surface area contributed by atoms with Crippen molar-refractivity contribution in [1.82, 2.24) is 25.3 Å². The molecular formula is C48H47N9O. The molecule has 0 aliphatic carbocycles. The lowest BCUT2D eigenvalue weighted by atomic mass is 9.98. The van der Waals surface area contributed by atoms with Gasteiger partial charge in [0.15, 0.2) is 11.6 Å². The molecular weight excluding hydrogens is 719 g/mol. The number of amides is 1. The van der Waals surface area contributed by atoms with Crippen LogP contribution in [-0.2, 0) is 25.7 Å². The van der Waals surface area contributed by atoms with Gasteiger partial charge < -0.3 is 22.5 Å². The van der Waals surface area contributed by atoms with Crippen molar-refractivity contribution >= 4 is 61.2 Å². The second-order valence-corrected chi connectivity index (χ2v) is 15.0. The fourth-order valence-corrected chi connectivity index (χ4v) is 7.41. The van der Waals surface area contributed by atoms with Crippen LogP contribution >= 0.6 is 0 Å². The van der Waals surface area contributed by atoms with E-state index in [2.05, 4.69) is 87.6 Å². The number of pyridine rings is 4. The van der Waals surface area contributed by atoms with Crippen LogP contribution in [-0.4, -0.2) is 38.9 Å². The molecule has 8 aromatic rings. The van der Waals surface area contributed by atoms with Gasteiger partial charge in [0.05, 0.1) is 22.7 Å². The van der Waals surface area contributed by atoms with Gasteiger partial charge in [0, 0.05) is 52.6 Å². The third-order valence-electron chi connectivity index (χ3n) is 10.6. The van der Waals surface area contributed by atoms with E-state index in [0.29, 0.717) is 35.9 Å². The second kappa shape index (κ2) is 17.0. The van der Waals surface area contributed by atoms with Crippen molar-refractivity contribution < 1.29 is 4.79 Å². The van der Waals surface area contributed by atoms with E-state index in [4.69, 9.17) is 22.5 Å². The van der Waals surface area contributed by atoms with Crippen LogP contribution in [0.25, 0.3) is 43.6 Å². The summed E-state index contributed by atoms with van der Waals surface area (Å²) in [6, 6.07) is 30.7. The molecule has 10 heteroatoms. The summed E-state index contributed by atoms with van der Waals surface area (Å²) in [6.07, 6.45) is 7.26. The van der Waals surface area contributed by atoms with Crippen molar-refractivity contribution in [3.05, 3.63) is 153 Å². The topological polar surface area (TPSA) is 183 Å². The van der Waals surface area contributed by atoms with Crippen LogP contribution in [0.3, 0.4) is 0 Å². The monoisotopic (exact) mass is 765 g/mol. The first-order chi connectivity index (χ1) is 28.0. The van der Waals surface area contributed by atoms with Crippen molar-refractivity contribution in [2.45, 2.75) is 53.4 Å². The Hall–Kier alpha value is -6.96. The van der Waals surface area contributed by atoms with Gasteiger partial charge >= 0.3 is 0 Å². The van der Waals surface area contributed by atoms with E-state index in [0.717, 1.165) is 97.1 Å². The van der Waals surface area contributed by atoms with Crippen LogP contribution in [0.2, 0.25) is 0 Å². The summed E-state index contributed by atoms with van der Waals surface area (Å²) in [6.45, 7) is 9.09. The first-order valence-corrected chi connectivity index (χ1v) is 19.5. The summed E-state index contributed by atoms with van der Waals surface area (Å²) in [5.41, 5.74) is 31.7. The molecule has 0 saturated carbocycles. The maximum absolute atomic E-state index is 12.1. The Bertz CT molecular complexity index is 2900. The molecule has 0 spiro atoms. The van der Waals surface area contributed by atoms with Crippen molar-refractivity contribution in [2.24, 2.45) is 5.73 Å². The Kier molecular flexibility index (Phi) is 11.5. The maximum Gasteiger partial charge on any atom is 0.251 e. The lowest BCUT2D eigenvalue weighted by Crippen LogP contribution is -2.29. The van der Waals surface area contributed by atoms with E-state index < -0.39 is 0 Å². The summed E-state index contributed by atoms with van der Waals surface area (Å²) in [5.74, 6) is 0.837. The smallest absolute Gasteiger partial charge is 0.251 e. The molecule has 0 saturated heterocycles. The van der Waals surface area contributed by atoms with E-state index in [9.17, 15) is 4.79 Å². The van der Waals surface area contributed by atoms with Crippen LogP contribution in [0.15, 0.2) is 97.3 Å². The Labute approximate surface area is 338 Å². The average molecular weight is 766 g/mol. The summed E-state index contributed by atoms with van der Waals surface area (Å²) in [7, 11) is 0. The van der Waals surface area contributed by atoms with Crippen LogP contribution in [0.5, 0.6) is 0 Å². The van der Waals surface area contributed by atoms with Crippen molar-refractivity contribution in [3.8, 4) is 6.07 Å². The van der Waals surface area contributed by atoms with Gasteiger partial charge in [-0.1, -0.05) is 36.4 Å². The normalized spacial score (nSPS) is 11.1. The molecule has 7 N–H and O–H groups in total. The zero-order chi connectivity index (χ0) is 40.9. The summed E-state index contributed by atoms with van der Waals surface area (Å²) in [4.78, 5) is 30.3. The molecule has 0 fully saturated rings. The van der Waals surface area contributed by atoms with Crippen LogP contribution < -0.4 is 22.5 Å². The van der Waals surface area contributed by atoms with E-state index in [-0.39, 0.29) is 5.91 Å². The Morgan fingerprint density at radius 2 is 1.16 bits per heavy atom. The van der Waals surface area contributed by atoms with Gasteiger partial charge in [-0.15, -0.1) is 0 Å². The highest BCUT2D eigenvalue weighted by Gasteiger charge is 2.12. The number of nitrogens with one attached hydrogen (secondary N) is 1. The maximum atomic E-state index is 12.1. The molecule has 4 aromatic heterocycles. The molecule has 0 unspecified atom stereocenters. The fraction of sp³-hybridized carbons (Fsp3) is 0.208. The lowest BCUT2D eigenvalue weighted by Gasteiger charge is -2.11. The van der Waals surface area contributed by atoms with Gasteiger partial charge in [0.25, 0.3) is 5.91 Å². The zero-order valence-corrected chi connectivity index (χ0v) is 33.4. The number of carbonyl (C=O) groups excluding carboxylic acids is 1. The number of carbonyl (C=O) groups is 1. The summed E-state index contributed by atoms with van der Waals surface area (Å²) < 4.78 is 0. The highest BCUT2D eigenvalue weighted by molar-refractivity contribution is 6.09. The van der Waals surface area contributed by atoms with Gasteiger partial charge in [0.1, 0.15) is 11.0 Å². The van der Waals surface area contributed by atoms with Gasteiger partial charge in [-0.25, -0.2) is 9.97 Å². The van der Waals surface area contributed by atoms with E-state index in [1.807, 2.05) is 68.7 Å². The number of fused-ring (bicyclic) bond motifs is 6. The minimum Gasteiger partial charge on any atom is -0.382 e. The van der Waals surface area contributed by atoms with Gasteiger partial charge in [-0.3, -0.25) is 14.8 Å². The number of aromatic nitrogens is 4. The average Bonchev–Trinajstić information content (AvgIpc) is 3.21. The highest BCUT2D eigenvalue weighted by Crippen LogP contribution is 2.30. The number of rotatable bonds is 9. The van der Waals surface area contributed by atoms with Gasteiger partial charge in [0.2, 0.25) is 0 Å².